The Kier molecular flexibility index (Phi) is 9.78. The van der Waals surface area contributed by atoms with Gasteiger partial charge in [-0.1, -0.05) is 28.0 Å². The van der Waals surface area contributed by atoms with Crippen molar-refractivity contribution in [1.82, 2.24) is 5.32 Å². The molecule has 1 amide bonds. The van der Waals surface area contributed by atoms with Crippen LogP contribution in [0.2, 0.25) is 0 Å². The quantitative estimate of drug-likeness (QED) is 0.399. The fraction of sp³-hybridized carbons (Fsp3) is 0.812. The number of carbonyl (C=O) groups excluding carboxylic acids is 1. The molecule has 0 aromatic carbocycles. The standard InChI is InChI=1S/C14H23NO3S2.C2HF3O2/c16-12(17)3-8-19-20-9-7-15-13(18)11-2-1-4-14(10-11)5-6-14;3-2(4,5)1(6)7/h11H,1-10H2,(H,15,18)(H,16,17);(H,6,7). The van der Waals surface area contributed by atoms with Crippen molar-refractivity contribution in [2.45, 2.75) is 51.1 Å². The van der Waals surface area contributed by atoms with Gasteiger partial charge in [0.25, 0.3) is 0 Å². The fourth-order valence-electron chi connectivity index (χ4n) is 2.91. The van der Waals surface area contributed by atoms with Gasteiger partial charge in [-0.05, 0) is 37.5 Å². The highest BCUT2D eigenvalue weighted by Gasteiger charge is 2.47. The molecule has 0 radical (unpaired) electrons. The largest absolute Gasteiger partial charge is 0.490 e. The van der Waals surface area contributed by atoms with Crippen LogP contribution in [0.25, 0.3) is 0 Å². The Labute approximate surface area is 163 Å². The van der Waals surface area contributed by atoms with Crippen LogP contribution in [0.5, 0.6) is 0 Å². The van der Waals surface area contributed by atoms with Gasteiger partial charge in [0, 0.05) is 24.0 Å². The zero-order valence-corrected chi connectivity index (χ0v) is 16.4. The number of amides is 1. The SMILES string of the molecule is O=C(O)C(F)(F)F.O=C(O)CCSSCCNC(=O)C1CCCC2(CC2)C1. The third kappa shape index (κ3) is 10.1. The summed E-state index contributed by atoms with van der Waals surface area (Å²) >= 11 is 0. The lowest BCUT2D eigenvalue weighted by Gasteiger charge is -2.28. The Balaban J connectivity index is 0.000000445. The van der Waals surface area contributed by atoms with Gasteiger partial charge in [0.1, 0.15) is 0 Å². The van der Waals surface area contributed by atoms with Crippen LogP contribution < -0.4 is 5.32 Å². The minimum atomic E-state index is -5.08. The number of rotatable bonds is 8. The monoisotopic (exact) mass is 431 g/mol. The lowest BCUT2D eigenvalue weighted by molar-refractivity contribution is -0.192. The number of carbonyl (C=O) groups is 3. The second-order valence-corrected chi connectivity index (χ2v) is 9.38. The number of hydrogen-bond donors (Lipinski definition) is 3. The molecule has 0 heterocycles. The van der Waals surface area contributed by atoms with E-state index < -0.39 is 18.1 Å². The van der Waals surface area contributed by atoms with Crippen LogP contribution in [0, 0.1) is 11.3 Å². The number of nitrogens with one attached hydrogen (secondary N) is 1. The number of hydrogen-bond acceptors (Lipinski definition) is 5. The van der Waals surface area contributed by atoms with Crippen molar-refractivity contribution in [2.75, 3.05) is 18.1 Å². The van der Waals surface area contributed by atoms with Gasteiger partial charge < -0.3 is 15.5 Å². The summed E-state index contributed by atoms with van der Waals surface area (Å²) in [5.41, 5.74) is 0.543. The summed E-state index contributed by atoms with van der Waals surface area (Å²) in [6, 6.07) is 0. The van der Waals surface area contributed by atoms with E-state index in [2.05, 4.69) is 5.32 Å². The summed E-state index contributed by atoms with van der Waals surface area (Å²) in [5.74, 6) is -1.58. The first kappa shape index (κ1) is 23.9. The van der Waals surface area contributed by atoms with Crippen molar-refractivity contribution < 1.29 is 37.8 Å². The van der Waals surface area contributed by atoms with Crippen molar-refractivity contribution in [3.05, 3.63) is 0 Å². The van der Waals surface area contributed by atoms with Crippen LogP contribution in [0.1, 0.15) is 44.9 Å². The van der Waals surface area contributed by atoms with E-state index in [9.17, 15) is 22.8 Å². The normalized spacial score (nSPS) is 20.3. The number of halogens is 3. The third-order valence-electron chi connectivity index (χ3n) is 4.48. The predicted molar refractivity (Wildman–Crippen MR) is 97.5 cm³/mol. The Hall–Kier alpha value is -1.10. The van der Waals surface area contributed by atoms with Crippen molar-refractivity contribution in [1.29, 1.82) is 0 Å². The molecule has 27 heavy (non-hydrogen) atoms. The maximum absolute atomic E-state index is 12.1. The molecule has 2 rings (SSSR count). The number of carboxylic acid groups (broad SMARTS) is 2. The molecular formula is C16H24F3NO5S2. The summed E-state index contributed by atoms with van der Waals surface area (Å²) in [6.07, 6.45) is 2.45. The van der Waals surface area contributed by atoms with Gasteiger partial charge in [-0.2, -0.15) is 13.2 Å². The maximum Gasteiger partial charge on any atom is 0.490 e. The third-order valence-corrected chi connectivity index (χ3v) is 6.88. The van der Waals surface area contributed by atoms with E-state index in [1.165, 1.54) is 25.7 Å². The van der Waals surface area contributed by atoms with Crippen molar-refractivity contribution in [3.63, 3.8) is 0 Å². The highest BCUT2D eigenvalue weighted by atomic mass is 33.1. The summed E-state index contributed by atoms with van der Waals surface area (Å²) < 4.78 is 31.7. The molecule has 0 bridgehead atoms. The lowest BCUT2D eigenvalue weighted by atomic mass is 9.78. The average Bonchev–Trinajstić information content (AvgIpc) is 3.31. The molecule has 6 nitrogen and oxygen atoms in total. The summed E-state index contributed by atoms with van der Waals surface area (Å²) in [5, 5.41) is 18.7. The molecule has 3 N–H and O–H groups in total. The van der Waals surface area contributed by atoms with E-state index in [1.54, 1.807) is 21.6 Å². The molecule has 1 atom stereocenters. The second kappa shape index (κ2) is 11.0. The Morgan fingerprint density at radius 1 is 1.07 bits per heavy atom. The number of carboxylic acids is 2. The molecular weight excluding hydrogens is 407 g/mol. The van der Waals surface area contributed by atoms with E-state index in [0.29, 0.717) is 17.7 Å². The fourth-order valence-corrected chi connectivity index (χ4v) is 4.80. The van der Waals surface area contributed by atoms with Gasteiger partial charge >= 0.3 is 18.1 Å². The first-order valence-corrected chi connectivity index (χ1v) is 11.1. The van der Waals surface area contributed by atoms with Crippen molar-refractivity contribution in [3.8, 4) is 0 Å². The first-order valence-electron chi connectivity index (χ1n) is 8.60. The van der Waals surface area contributed by atoms with Crippen LogP contribution in [0.4, 0.5) is 13.2 Å². The van der Waals surface area contributed by atoms with Gasteiger partial charge in [0.05, 0.1) is 6.42 Å². The van der Waals surface area contributed by atoms with Gasteiger partial charge in [-0.3, -0.25) is 9.59 Å². The highest BCUT2D eigenvalue weighted by Crippen LogP contribution is 2.57. The Bertz CT molecular complexity index is 527. The predicted octanol–water partition coefficient (Wildman–Crippen LogP) is 3.56. The molecule has 2 aliphatic carbocycles. The van der Waals surface area contributed by atoms with Gasteiger partial charge in [0.2, 0.25) is 5.91 Å². The molecule has 0 aromatic rings. The molecule has 156 valence electrons. The molecule has 2 fully saturated rings. The zero-order valence-electron chi connectivity index (χ0n) is 14.7. The molecule has 1 spiro atoms. The van der Waals surface area contributed by atoms with E-state index >= 15 is 0 Å². The Morgan fingerprint density at radius 2 is 1.67 bits per heavy atom. The molecule has 2 saturated carbocycles. The summed E-state index contributed by atoms with van der Waals surface area (Å²) in [7, 11) is 3.20. The number of alkyl halides is 3. The van der Waals surface area contributed by atoms with Gasteiger partial charge in [-0.15, -0.1) is 0 Å². The van der Waals surface area contributed by atoms with E-state index in [1.807, 2.05) is 0 Å². The molecule has 0 aliphatic heterocycles. The average molecular weight is 431 g/mol. The first-order chi connectivity index (χ1) is 12.6. The molecule has 0 saturated heterocycles. The van der Waals surface area contributed by atoms with Crippen LogP contribution in [-0.2, 0) is 14.4 Å². The lowest BCUT2D eigenvalue weighted by Crippen LogP contribution is -2.35. The van der Waals surface area contributed by atoms with E-state index in [-0.39, 0.29) is 18.2 Å². The maximum atomic E-state index is 12.1. The molecule has 2 aliphatic rings. The number of aliphatic carboxylic acids is 2. The topological polar surface area (TPSA) is 104 Å². The molecule has 1 unspecified atom stereocenters. The van der Waals surface area contributed by atoms with E-state index in [0.717, 1.165) is 18.6 Å². The van der Waals surface area contributed by atoms with Crippen LogP contribution in [0.3, 0.4) is 0 Å². The van der Waals surface area contributed by atoms with Crippen molar-refractivity contribution >= 4 is 39.4 Å². The molecule has 0 aromatic heterocycles. The van der Waals surface area contributed by atoms with Crippen molar-refractivity contribution in [2.24, 2.45) is 11.3 Å². The summed E-state index contributed by atoms with van der Waals surface area (Å²) in [4.78, 5) is 31.3. The van der Waals surface area contributed by atoms with Gasteiger partial charge in [-0.25, -0.2) is 4.79 Å². The molecule has 11 heteroatoms. The van der Waals surface area contributed by atoms with Crippen LogP contribution in [-0.4, -0.2) is 52.3 Å². The zero-order chi connectivity index (χ0) is 20.5. The highest BCUT2D eigenvalue weighted by molar-refractivity contribution is 8.76. The summed E-state index contributed by atoms with van der Waals surface area (Å²) in [6.45, 7) is 0.688. The smallest absolute Gasteiger partial charge is 0.481 e. The van der Waals surface area contributed by atoms with Crippen LogP contribution in [0.15, 0.2) is 0 Å². The van der Waals surface area contributed by atoms with Crippen LogP contribution >= 0.6 is 21.6 Å². The minimum Gasteiger partial charge on any atom is -0.481 e. The second-order valence-electron chi connectivity index (χ2n) is 6.67. The minimum absolute atomic E-state index is 0.203. The van der Waals surface area contributed by atoms with Gasteiger partial charge in [0.15, 0.2) is 0 Å². The van der Waals surface area contributed by atoms with E-state index in [4.69, 9.17) is 15.0 Å². The Morgan fingerprint density at radius 3 is 2.19 bits per heavy atom.